The number of hydrogen-bond acceptors (Lipinski definition) is 4. The van der Waals surface area contributed by atoms with Crippen LogP contribution in [-0.4, -0.2) is 19.9 Å². The maximum absolute atomic E-state index is 11.5. The van der Waals surface area contributed by atoms with Gasteiger partial charge in [0.15, 0.2) is 11.2 Å². The van der Waals surface area contributed by atoms with Gasteiger partial charge in [-0.2, -0.15) is 0 Å². The molecule has 0 aliphatic carbocycles. The minimum absolute atomic E-state index is 0.140. The van der Waals surface area contributed by atoms with Crippen LogP contribution in [-0.2, 0) is 0 Å². The summed E-state index contributed by atoms with van der Waals surface area (Å²) < 4.78 is 0. The molecule has 0 atom stereocenters. The van der Waals surface area contributed by atoms with Crippen LogP contribution in [0, 0.1) is 6.92 Å². The van der Waals surface area contributed by atoms with Gasteiger partial charge in [0.05, 0.1) is 11.0 Å². The average molecular weight is 228 g/mol. The van der Waals surface area contributed by atoms with E-state index in [4.69, 9.17) is 0 Å². The second-order valence-corrected chi connectivity index (χ2v) is 3.82. The minimum Gasteiger partial charge on any atom is -0.290 e. The van der Waals surface area contributed by atoms with Gasteiger partial charge in [-0.15, -0.1) is 0 Å². The molecule has 0 aliphatic rings. The second-order valence-electron chi connectivity index (χ2n) is 3.82. The van der Waals surface area contributed by atoms with Crippen LogP contribution in [0.15, 0.2) is 27.8 Å². The Hall–Kier alpha value is -2.50. The molecule has 0 fully saturated rings. The summed E-state index contributed by atoms with van der Waals surface area (Å²) in [6.45, 7) is 1.94. The van der Waals surface area contributed by atoms with E-state index in [0.717, 1.165) is 5.56 Å². The van der Waals surface area contributed by atoms with Crippen molar-refractivity contribution in [3.8, 4) is 0 Å². The number of H-pyrrole nitrogens is 2. The molecular weight excluding hydrogens is 220 g/mol. The van der Waals surface area contributed by atoms with Gasteiger partial charge in [0, 0.05) is 0 Å². The molecule has 0 bridgehead atoms. The first kappa shape index (κ1) is 9.71. The van der Waals surface area contributed by atoms with Crippen LogP contribution >= 0.6 is 0 Å². The van der Waals surface area contributed by atoms with E-state index in [9.17, 15) is 9.59 Å². The Kier molecular flexibility index (Phi) is 1.85. The summed E-state index contributed by atoms with van der Waals surface area (Å²) in [6.07, 6.45) is 0. The van der Waals surface area contributed by atoms with Crippen molar-refractivity contribution in [1.29, 1.82) is 0 Å². The summed E-state index contributed by atoms with van der Waals surface area (Å²) in [5.41, 5.74) is 1.55. The van der Waals surface area contributed by atoms with Crippen LogP contribution in [0.5, 0.6) is 0 Å². The molecule has 0 aliphatic heterocycles. The van der Waals surface area contributed by atoms with Gasteiger partial charge in [0.1, 0.15) is 0 Å². The van der Waals surface area contributed by atoms with Crippen molar-refractivity contribution < 1.29 is 0 Å². The Morgan fingerprint density at radius 1 is 1.06 bits per heavy atom. The van der Waals surface area contributed by atoms with Crippen molar-refractivity contribution in [2.75, 3.05) is 0 Å². The van der Waals surface area contributed by atoms with E-state index in [-0.39, 0.29) is 11.2 Å². The molecule has 0 saturated heterocycles. The van der Waals surface area contributed by atoms with Gasteiger partial charge in [-0.25, -0.2) is 14.8 Å². The number of aromatic amines is 2. The second kappa shape index (κ2) is 3.24. The SMILES string of the molecule is Cc1ccc2nc3c(=O)[nH]c(=O)[nH]c3nc2c1. The van der Waals surface area contributed by atoms with Gasteiger partial charge < -0.3 is 0 Å². The summed E-state index contributed by atoms with van der Waals surface area (Å²) in [7, 11) is 0. The number of benzene rings is 1. The van der Waals surface area contributed by atoms with Crippen LogP contribution in [0.4, 0.5) is 0 Å². The van der Waals surface area contributed by atoms with Crippen molar-refractivity contribution in [3.63, 3.8) is 0 Å². The first-order valence-corrected chi connectivity index (χ1v) is 5.04. The molecule has 0 amide bonds. The van der Waals surface area contributed by atoms with E-state index in [2.05, 4.69) is 19.9 Å². The lowest BCUT2D eigenvalue weighted by molar-refractivity contribution is 1.05. The number of hydrogen-bond donors (Lipinski definition) is 2. The number of aryl methyl sites for hydroxylation is 1. The Balaban J connectivity index is 2.56. The summed E-state index contributed by atoms with van der Waals surface area (Å²) in [5, 5.41) is 0. The molecule has 2 aromatic heterocycles. The lowest BCUT2D eigenvalue weighted by Gasteiger charge is -2.00. The van der Waals surface area contributed by atoms with Gasteiger partial charge in [-0.1, -0.05) is 6.07 Å². The smallest absolute Gasteiger partial charge is 0.290 e. The minimum atomic E-state index is -0.580. The van der Waals surface area contributed by atoms with Gasteiger partial charge in [0.25, 0.3) is 5.56 Å². The predicted octanol–water partition coefficient (Wildman–Crippen LogP) is 0.468. The fourth-order valence-corrected chi connectivity index (χ4v) is 1.71. The molecule has 2 heterocycles. The van der Waals surface area contributed by atoms with Gasteiger partial charge >= 0.3 is 5.69 Å². The molecule has 0 radical (unpaired) electrons. The van der Waals surface area contributed by atoms with Crippen LogP contribution in [0.25, 0.3) is 22.2 Å². The van der Waals surface area contributed by atoms with Crippen molar-refractivity contribution in [1.82, 2.24) is 19.9 Å². The van der Waals surface area contributed by atoms with Crippen molar-refractivity contribution in [2.24, 2.45) is 0 Å². The molecule has 3 rings (SSSR count). The van der Waals surface area contributed by atoms with Crippen LogP contribution in [0.1, 0.15) is 5.56 Å². The Morgan fingerprint density at radius 2 is 1.88 bits per heavy atom. The molecule has 3 aromatic rings. The highest BCUT2D eigenvalue weighted by molar-refractivity contribution is 5.83. The Bertz CT molecular complexity index is 847. The van der Waals surface area contributed by atoms with E-state index in [1.54, 1.807) is 6.07 Å². The molecule has 84 valence electrons. The van der Waals surface area contributed by atoms with Crippen LogP contribution in [0.3, 0.4) is 0 Å². The quantitative estimate of drug-likeness (QED) is 0.547. The van der Waals surface area contributed by atoms with Gasteiger partial charge in [-0.3, -0.25) is 14.8 Å². The third kappa shape index (κ3) is 1.50. The lowest BCUT2D eigenvalue weighted by atomic mass is 10.2. The number of rotatable bonds is 0. The first-order chi connectivity index (χ1) is 8.13. The summed E-state index contributed by atoms with van der Waals surface area (Å²) >= 11 is 0. The van der Waals surface area contributed by atoms with E-state index >= 15 is 0 Å². The van der Waals surface area contributed by atoms with Crippen LogP contribution < -0.4 is 11.2 Å². The normalized spacial score (nSPS) is 11.1. The molecule has 1 aromatic carbocycles. The molecule has 2 N–H and O–H groups in total. The molecule has 0 spiro atoms. The van der Waals surface area contributed by atoms with Crippen LogP contribution in [0.2, 0.25) is 0 Å². The van der Waals surface area contributed by atoms with Crippen molar-refractivity contribution in [3.05, 3.63) is 44.6 Å². The number of aromatic nitrogens is 4. The van der Waals surface area contributed by atoms with Crippen molar-refractivity contribution >= 4 is 22.2 Å². The maximum Gasteiger partial charge on any atom is 0.327 e. The highest BCUT2D eigenvalue weighted by Crippen LogP contribution is 2.13. The van der Waals surface area contributed by atoms with E-state index in [1.165, 1.54) is 0 Å². The number of nitrogens with one attached hydrogen (secondary N) is 2. The number of nitrogens with zero attached hydrogens (tertiary/aromatic N) is 2. The predicted molar refractivity (Wildman–Crippen MR) is 63.0 cm³/mol. The molecule has 6 nitrogen and oxygen atoms in total. The van der Waals surface area contributed by atoms with E-state index in [0.29, 0.717) is 11.0 Å². The molecule has 17 heavy (non-hydrogen) atoms. The Labute approximate surface area is 94.4 Å². The van der Waals surface area contributed by atoms with E-state index in [1.807, 2.05) is 19.1 Å². The number of fused-ring (bicyclic) bond motifs is 2. The third-order valence-electron chi connectivity index (χ3n) is 2.49. The first-order valence-electron chi connectivity index (χ1n) is 5.04. The Morgan fingerprint density at radius 3 is 2.71 bits per heavy atom. The van der Waals surface area contributed by atoms with E-state index < -0.39 is 11.2 Å². The molecule has 0 unspecified atom stereocenters. The van der Waals surface area contributed by atoms with Gasteiger partial charge in [-0.05, 0) is 24.6 Å². The lowest BCUT2D eigenvalue weighted by Crippen LogP contribution is -2.23. The third-order valence-corrected chi connectivity index (χ3v) is 2.49. The highest BCUT2D eigenvalue weighted by atomic mass is 16.2. The van der Waals surface area contributed by atoms with Gasteiger partial charge in [0.2, 0.25) is 0 Å². The summed E-state index contributed by atoms with van der Waals surface area (Å²) in [5.74, 6) is 0. The zero-order chi connectivity index (χ0) is 12.0. The monoisotopic (exact) mass is 228 g/mol. The standard InChI is InChI=1S/C11H8N4O2/c1-5-2-3-6-7(4-5)13-9-8(12-6)10(16)15-11(17)14-9/h2-4H,1H3,(H2,13,14,15,16,17). The maximum atomic E-state index is 11.5. The van der Waals surface area contributed by atoms with Crippen molar-refractivity contribution in [2.45, 2.75) is 6.92 Å². The zero-order valence-electron chi connectivity index (χ0n) is 8.94. The highest BCUT2D eigenvalue weighted by Gasteiger charge is 2.06. The fraction of sp³-hybridized carbons (Fsp3) is 0.0909. The summed E-state index contributed by atoms with van der Waals surface area (Å²) in [4.78, 5) is 35.6. The average Bonchev–Trinajstić information content (AvgIpc) is 2.26. The fourth-order valence-electron chi connectivity index (χ4n) is 1.71. The molecule has 6 heteroatoms. The largest absolute Gasteiger partial charge is 0.327 e. The molecular formula is C11H8N4O2. The summed E-state index contributed by atoms with van der Waals surface area (Å²) in [6, 6.07) is 5.53. The topological polar surface area (TPSA) is 91.5 Å². The zero-order valence-corrected chi connectivity index (χ0v) is 8.94. The molecule has 0 saturated carbocycles.